The summed E-state index contributed by atoms with van der Waals surface area (Å²) in [4.78, 5) is 0. The molecule has 0 heterocycles. The summed E-state index contributed by atoms with van der Waals surface area (Å²) in [6.45, 7) is 4.28. The molecule has 1 aromatic rings. The van der Waals surface area contributed by atoms with E-state index < -0.39 is 0 Å². The van der Waals surface area contributed by atoms with Gasteiger partial charge >= 0.3 is 0 Å². The third-order valence-electron chi connectivity index (χ3n) is 1.42. The van der Waals surface area contributed by atoms with Crippen LogP contribution in [0.25, 0.3) is 0 Å². The molecule has 0 fully saturated rings. The highest BCUT2D eigenvalue weighted by atomic mass is 127. The van der Waals surface area contributed by atoms with Crippen molar-refractivity contribution in [3.8, 4) is 0 Å². The molecule has 0 radical (unpaired) electrons. The van der Waals surface area contributed by atoms with Crippen LogP contribution >= 0.6 is 38.5 Å². The third-order valence-corrected chi connectivity index (χ3v) is 2.80. The molecular weight excluding hydrogens is 348 g/mol. The number of nitrogens with one attached hydrogen (secondary N) is 1. The second-order valence-electron chi connectivity index (χ2n) is 2.47. The summed E-state index contributed by atoms with van der Waals surface area (Å²) >= 11 is 5.19. The summed E-state index contributed by atoms with van der Waals surface area (Å²) in [5.74, 6) is -0.203. The molecule has 0 atom stereocenters. The Labute approximate surface area is 98.7 Å². The van der Waals surface area contributed by atoms with Gasteiger partial charge in [-0.2, -0.15) is 0 Å². The fourth-order valence-corrected chi connectivity index (χ4v) is 1.52. The SMILES string of the molecule is C=C(Br)CNc1cccc(F)c1I. The minimum absolute atomic E-state index is 0.203. The molecule has 1 N–H and O–H groups in total. The molecule has 0 aliphatic heterocycles. The summed E-state index contributed by atoms with van der Waals surface area (Å²) in [6, 6.07) is 4.95. The molecule has 1 aromatic carbocycles. The molecule has 0 aromatic heterocycles. The Morgan fingerprint density at radius 1 is 1.62 bits per heavy atom. The Morgan fingerprint density at radius 2 is 2.31 bits per heavy atom. The first kappa shape index (κ1) is 11.0. The van der Waals surface area contributed by atoms with E-state index in [1.54, 1.807) is 6.07 Å². The molecular formula is C9H8BrFIN. The quantitative estimate of drug-likeness (QED) is 0.814. The molecule has 0 aliphatic rings. The summed E-state index contributed by atoms with van der Waals surface area (Å²) in [5, 5.41) is 3.06. The maximum absolute atomic E-state index is 13.0. The Kier molecular flexibility index (Phi) is 4.18. The molecule has 70 valence electrons. The predicted molar refractivity (Wildman–Crippen MR) is 65.7 cm³/mol. The second kappa shape index (κ2) is 4.95. The topological polar surface area (TPSA) is 12.0 Å². The molecule has 13 heavy (non-hydrogen) atoms. The number of benzene rings is 1. The molecule has 0 unspecified atom stereocenters. The zero-order valence-corrected chi connectivity index (χ0v) is 10.5. The molecule has 0 saturated carbocycles. The van der Waals surface area contributed by atoms with Crippen molar-refractivity contribution in [2.75, 3.05) is 11.9 Å². The van der Waals surface area contributed by atoms with Crippen LogP contribution in [0.3, 0.4) is 0 Å². The molecule has 1 rings (SSSR count). The molecule has 0 spiro atoms. The van der Waals surface area contributed by atoms with Crippen molar-refractivity contribution in [3.63, 3.8) is 0 Å². The first-order valence-electron chi connectivity index (χ1n) is 3.62. The van der Waals surface area contributed by atoms with E-state index in [2.05, 4.69) is 27.8 Å². The summed E-state index contributed by atoms with van der Waals surface area (Å²) in [6.07, 6.45) is 0. The molecule has 0 saturated heterocycles. The van der Waals surface area contributed by atoms with Crippen LogP contribution in [-0.4, -0.2) is 6.54 Å². The van der Waals surface area contributed by atoms with Crippen molar-refractivity contribution in [2.24, 2.45) is 0 Å². The molecule has 0 bridgehead atoms. The highest BCUT2D eigenvalue weighted by Crippen LogP contribution is 2.21. The van der Waals surface area contributed by atoms with Crippen molar-refractivity contribution >= 4 is 44.2 Å². The first-order valence-corrected chi connectivity index (χ1v) is 5.49. The van der Waals surface area contributed by atoms with Crippen LogP contribution in [0.4, 0.5) is 10.1 Å². The summed E-state index contributed by atoms with van der Waals surface area (Å²) < 4.78 is 14.5. The summed E-state index contributed by atoms with van der Waals surface area (Å²) in [5.41, 5.74) is 0.793. The van der Waals surface area contributed by atoms with Crippen LogP contribution in [0.1, 0.15) is 0 Å². The van der Waals surface area contributed by atoms with Crippen molar-refractivity contribution in [2.45, 2.75) is 0 Å². The van der Waals surface area contributed by atoms with E-state index in [-0.39, 0.29) is 5.82 Å². The van der Waals surface area contributed by atoms with Crippen LogP contribution in [0.5, 0.6) is 0 Å². The lowest BCUT2D eigenvalue weighted by atomic mass is 10.3. The van der Waals surface area contributed by atoms with Gasteiger partial charge in [-0.15, -0.1) is 0 Å². The van der Waals surface area contributed by atoms with Gasteiger partial charge in [0.1, 0.15) is 5.82 Å². The minimum Gasteiger partial charge on any atom is -0.380 e. The van der Waals surface area contributed by atoms with Gasteiger partial charge in [0.25, 0.3) is 0 Å². The molecule has 4 heteroatoms. The highest BCUT2D eigenvalue weighted by molar-refractivity contribution is 14.1. The molecule has 0 aliphatic carbocycles. The minimum atomic E-state index is -0.203. The van der Waals surface area contributed by atoms with E-state index in [4.69, 9.17) is 0 Å². The van der Waals surface area contributed by atoms with Crippen molar-refractivity contribution in [3.05, 3.63) is 38.6 Å². The van der Waals surface area contributed by atoms with Crippen LogP contribution in [0.15, 0.2) is 29.3 Å². The lowest BCUT2D eigenvalue weighted by Gasteiger charge is -2.07. The zero-order valence-electron chi connectivity index (χ0n) is 6.78. The average molecular weight is 356 g/mol. The zero-order chi connectivity index (χ0) is 9.84. The van der Waals surface area contributed by atoms with Crippen molar-refractivity contribution in [1.82, 2.24) is 0 Å². The van der Waals surface area contributed by atoms with Crippen LogP contribution in [0.2, 0.25) is 0 Å². The highest BCUT2D eigenvalue weighted by Gasteiger charge is 2.03. The lowest BCUT2D eigenvalue weighted by molar-refractivity contribution is 0.621. The fraction of sp³-hybridized carbons (Fsp3) is 0.111. The van der Waals surface area contributed by atoms with Gasteiger partial charge in [-0.1, -0.05) is 28.6 Å². The number of rotatable bonds is 3. The van der Waals surface area contributed by atoms with Crippen molar-refractivity contribution < 1.29 is 4.39 Å². The Morgan fingerprint density at radius 3 is 2.92 bits per heavy atom. The molecule has 0 amide bonds. The van der Waals surface area contributed by atoms with E-state index in [0.29, 0.717) is 10.1 Å². The van der Waals surface area contributed by atoms with E-state index in [0.717, 1.165) is 10.2 Å². The van der Waals surface area contributed by atoms with Gasteiger partial charge in [0.15, 0.2) is 0 Å². The van der Waals surface area contributed by atoms with Crippen molar-refractivity contribution in [1.29, 1.82) is 0 Å². The van der Waals surface area contributed by atoms with Crippen LogP contribution in [0, 0.1) is 9.39 Å². The van der Waals surface area contributed by atoms with Crippen LogP contribution < -0.4 is 5.32 Å². The largest absolute Gasteiger partial charge is 0.380 e. The fourth-order valence-electron chi connectivity index (χ4n) is 0.831. The van der Waals surface area contributed by atoms with Crippen LogP contribution in [-0.2, 0) is 0 Å². The van der Waals surface area contributed by atoms with E-state index in [1.807, 2.05) is 28.7 Å². The van der Waals surface area contributed by atoms with E-state index in [9.17, 15) is 4.39 Å². The Hall–Kier alpha value is -0.100. The average Bonchev–Trinajstić information content (AvgIpc) is 2.07. The lowest BCUT2D eigenvalue weighted by Crippen LogP contribution is -2.03. The van der Waals surface area contributed by atoms with E-state index >= 15 is 0 Å². The van der Waals surface area contributed by atoms with E-state index in [1.165, 1.54) is 6.07 Å². The number of hydrogen-bond donors (Lipinski definition) is 1. The Balaban J connectivity index is 2.77. The molecule has 1 nitrogen and oxygen atoms in total. The predicted octanol–water partition coefficient (Wildman–Crippen LogP) is 3.75. The second-order valence-corrected chi connectivity index (χ2v) is 4.67. The maximum Gasteiger partial charge on any atom is 0.138 e. The number of halogens is 3. The number of anilines is 1. The smallest absolute Gasteiger partial charge is 0.138 e. The normalized spacial score (nSPS) is 9.77. The summed E-state index contributed by atoms with van der Waals surface area (Å²) in [7, 11) is 0. The standard InChI is InChI=1S/C9H8BrFIN/c1-6(10)5-13-8-4-2-3-7(11)9(8)12/h2-4,13H,1,5H2. The first-order chi connectivity index (χ1) is 6.11. The van der Waals surface area contributed by atoms with Gasteiger partial charge < -0.3 is 5.32 Å². The van der Waals surface area contributed by atoms with Gasteiger partial charge in [-0.3, -0.25) is 0 Å². The van der Waals surface area contributed by atoms with Gasteiger partial charge in [0.2, 0.25) is 0 Å². The van der Waals surface area contributed by atoms with Gasteiger partial charge in [0.05, 0.1) is 9.26 Å². The monoisotopic (exact) mass is 355 g/mol. The Bertz CT molecular complexity index is 327. The maximum atomic E-state index is 13.0. The van der Waals surface area contributed by atoms with Gasteiger partial charge in [-0.25, -0.2) is 4.39 Å². The van der Waals surface area contributed by atoms with Gasteiger partial charge in [-0.05, 0) is 34.7 Å². The third kappa shape index (κ3) is 3.27. The van der Waals surface area contributed by atoms with Gasteiger partial charge in [0, 0.05) is 11.0 Å². The number of hydrogen-bond acceptors (Lipinski definition) is 1.